The molecule has 3 aromatic rings. The number of carbonyl (C=O) groups excluding carboxylic acids is 2. The summed E-state index contributed by atoms with van der Waals surface area (Å²) in [4.78, 5) is 30.4. The van der Waals surface area contributed by atoms with E-state index in [1.807, 2.05) is 37.3 Å². The van der Waals surface area contributed by atoms with Crippen LogP contribution < -0.4 is 10.6 Å². The Bertz CT molecular complexity index is 1410. The van der Waals surface area contributed by atoms with Crippen molar-refractivity contribution in [3.8, 4) is 11.3 Å². The molecule has 2 aliphatic rings. The third-order valence-corrected chi connectivity index (χ3v) is 8.96. The van der Waals surface area contributed by atoms with Gasteiger partial charge in [-0.25, -0.2) is 8.42 Å². The summed E-state index contributed by atoms with van der Waals surface area (Å²) in [5.41, 5.74) is 5.08. The van der Waals surface area contributed by atoms with Gasteiger partial charge in [-0.15, -0.1) is 0 Å². The first-order chi connectivity index (χ1) is 17.8. The van der Waals surface area contributed by atoms with Crippen molar-refractivity contribution in [3.63, 3.8) is 0 Å². The zero-order valence-corrected chi connectivity index (χ0v) is 21.5. The van der Waals surface area contributed by atoms with E-state index >= 15 is 0 Å². The SMILES string of the molecule is Cc1ccc(S(=O)(=O)N2CCNC(=O)C2CC(=O)N[C@@H]2CCCc3cc(-c4ccccn4)ccc32)cc1. The predicted octanol–water partition coefficient (Wildman–Crippen LogP) is 3.13. The third-order valence-electron chi connectivity index (χ3n) is 7.04. The van der Waals surface area contributed by atoms with Crippen molar-refractivity contribution in [2.45, 2.75) is 49.6 Å². The average Bonchev–Trinajstić information content (AvgIpc) is 2.90. The number of hydrogen-bond donors (Lipinski definition) is 2. The topological polar surface area (TPSA) is 108 Å². The summed E-state index contributed by atoms with van der Waals surface area (Å²) in [5, 5.41) is 5.78. The van der Waals surface area contributed by atoms with Crippen molar-refractivity contribution in [1.82, 2.24) is 19.9 Å². The van der Waals surface area contributed by atoms with Crippen LogP contribution in [0, 0.1) is 6.92 Å². The molecule has 5 rings (SSSR count). The number of aromatic nitrogens is 1. The standard InChI is InChI=1S/C28H30N4O4S/c1-19-8-11-22(12-9-19)37(35,36)32-16-15-30-28(34)26(32)18-27(33)31-25-7-4-5-20-17-21(10-13-23(20)25)24-6-2-3-14-29-24/h2-3,6,8-14,17,25-26H,4-5,7,15-16,18H2,1H3,(H,30,34)(H,31,33)/t25-,26?/m1/s1. The zero-order chi connectivity index (χ0) is 26.0. The number of carbonyl (C=O) groups is 2. The molecule has 1 aliphatic heterocycles. The Morgan fingerprint density at radius 2 is 1.95 bits per heavy atom. The molecule has 37 heavy (non-hydrogen) atoms. The first kappa shape index (κ1) is 25.1. The number of aryl methyl sites for hydroxylation is 2. The first-order valence-corrected chi connectivity index (χ1v) is 14.0. The number of benzene rings is 2. The van der Waals surface area contributed by atoms with E-state index in [9.17, 15) is 18.0 Å². The van der Waals surface area contributed by atoms with E-state index in [-0.39, 0.29) is 36.4 Å². The molecule has 2 aromatic carbocycles. The Morgan fingerprint density at radius 1 is 1.14 bits per heavy atom. The Labute approximate surface area is 217 Å². The van der Waals surface area contributed by atoms with Crippen molar-refractivity contribution >= 4 is 21.8 Å². The smallest absolute Gasteiger partial charge is 0.243 e. The van der Waals surface area contributed by atoms with Gasteiger partial charge in [0.2, 0.25) is 21.8 Å². The fourth-order valence-corrected chi connectivity index (χ4v) is 6.70. The molecule has 1 fully saturated rings. The van der Waals surface area contributed by atoms with Gasteiger partial charge in [0, 0.05) is 24.8 Å². The number of piperazine rings is 1. The van der Waals surface area contributed by atoms with Crippen LogP contribution in [0.1, 0.15) is 42.0 Å². The van der Waals surface area contributed by atoms with Crippen molar-refractivity contribution in [2.75, 3.05) is 13.1 Å². The Balaban J connectivity index is 1.33. The molecule has 0 spiro atoms. The molecule has 1 saturated heterocycles. The fraction of sp³-hybridized carbons (Fsp3) is 0.321. The van der Waals surface area contributed by atoms with Crippen LogP contribution in [0.5, 0.6) is 0 Å². The van der Waals surface area contributed by atoms with Gasteiger partial charge in [-0.1, -0.05) is 35.9 Å². The lowest BCUT2D eigenvalue weighted by atomic mass is 9.86. The molecule has 8 nitrogen and oxygen atoms in total. The summed E-state index contributed by atoms with van der Waals surface area (Å²) >= 11 is 0. The van der Waals surface area contributed by atoms with E-state index in [2.05, 4.69) is 21.7 Å². The summed E-state index contributed by atoms with van der Waals surface area (Å²) in [6.07, 6.45) is 4.14. The Morgan fingerprint density at radius 3 is 2.70 bits per heavy atom. The summed E-state index contributed by atoms with van der Waals surface area (Å²) in [5.74, 6) is -0.807. The molecule has 2 heterocycles. The molecular weight excluding hydrogens is 488 g/mol. The first-order valence-electron chi connectivity index (χ1n) is 12.5. The normalized spacial score (nSPS) is 20.1. The van der Waals surface area contributed by atoms with E-state index in [4.69, 9.17) is 0 Å². The number of rotatable bonds is 6. The monoisotopic (exact) mass is 518 g/mol. The summed E-state index contributed by atoms with van der Waals surface area (Å²) in [6.45, 7) is 2.19. The van der Waals surface area contributed by atoms with Crippen molar-refractivity contribution in [3.05, 3.63) is 83.6 Å². The third kappa shape index (κ3) is 5.28. The summed E-state index contributed by atoms with van der Waals surface area (Å²) in [7, 11) is -3.93. The lowest BCUT2D eigenvalue weighted by Crippen LogP contribution is -2.58. The highest BCUT2D eigenvalue weighted by atomic mass is 32.2. The maximum atomic E-state index is 13.3. The van der Waals surface area contributed by atoms with Gasteiger partial charge in [-0.3, -0.25) is 14.6 Å². The van der Waals surface area contributed by atoms with E-state index < -0.39 is 22.0 Å². The average molecular weight is 519 g/mol. The Hall–Kier alpha value is -3.56. The number of amides is 2. The molecule has 0 radical (unpaired) electrons. The largest absolute Gasteiger partial charge is 0.353 e. The molecule has 192 valence electrons. The van der Waals surface area contributed by atoms with E-state index in [0.717, 1.165) is 46.0 Å². The fourth-order valence-electron chi connectivity index (χ4n) is 5.11. The second-order valence-corrected chi connectivity index (χ2v) is 11.5. The van der Waals surface area contributed by atoms with Crippen LogP contribution >= 0.6 is 0 Å². The van der Waals surface area contributed by atoms with Gasteiger partial charge in [0.15, 0.2) is 0 Å². The molecule has 2 atom stereocenters. The number of hydrogen-bond acceptors (Lipinski definition) is 5. The highest BCUT2D eigenvalue weighted by Crippen LogP contribution is 2.33. The Kier molecular flexibility index (Phi) is 7.08. The molecule has 1 aromatic heterocycles. The van der Waals surface area contributed by atoms with Gasteiger partial charge in [0.1, 0.15) is 6.04 Å². The molecular formula is C28H30N4O4S. The zero-order valence-electron chi connectivity index (χ0n) is 20.7. The van der Waals surface area contributed by atoms with Crippen LogP contribution in [-0.2, 0) is 26.0 Å². The summed E-state index contributed by atoms with van der Waals surface area (Å²) in [6, 6.07) is 17.2. The molecule has 1 aliphatic carbocycles. The maximum absolute atomic E-state index is 13.3. The van der Waals surface area contributed by atoms with Crippen LogP contribution in [0.3, 0.4) is 0 Å². The van der Waals surface area contributed by atoms with Gasteiger partial charge in [0.25, 0.3) is 0 Å². The number of fused-ring (bicyclic) bond motifs is 1. The van der Waals surface area contributed by atoms with Crippen LogP contribution in [0.15, 0.2) is 71.8 Å². The van der Waals surface area contributed by atoms with Gasteiger partial charge in [-0.05, 0) is 67.6 Å². The van der Waals surface area contributed by atoms with Crippen molar-refractivity contribution in [2.24, 2.45) is 0 Å². The number of nitrogens with one attached hydrogen (secondary N) is 2. The molecule has 0 bridgehead atoms. The van der Waals surface area contributed by atoms with E-state index in [0.29, 0.717) is 0 Å². The second-order valence-electron chi connectivity index (χ2n) is 9.58. The van der Waals surface area contributed by atoms with E-state index in [1.165, 1.54) is 17.7 Å². The predicted molar refractivity (Wildman–Crippen MR) is 140 cm³/mol. The van der Waals surface area contributed by atoms with Gasteiger partial charge in [0.05, 0.1) is 23.1 Å². The minimum absolute atomic E-state index is 0.114. The number of pyridine rings is 1. The molecule has 2 amide bonds. The molecule has 2 N–H and O–H groups in total. The summed E-state index contributed by atoms with van der Waals surface area (Å²) < 4.78 is 27.9. The van der Waals surface area contributed by atoms with Crippen LogP contribution in [0.25, 0.3) is 11.3 Å². The highest BCUT2D eigenvalue weighted by Gasteiger charge is 2.40. The molecule has 9 heteroatoms. The number of sulfonamides is 1. The van der Waals surface area contributed by atoms with Crippen LogP contribution in [0.2, 0.25) is 0 Å². The maximum Gasteiger partial charge on any atom is 0.243 e. The van der Waals surface area contributed by atoms with Gasteiger partial charge in [-0.2, -0.15) is 4.31 Å². The van der Waals surface area contributed by atoms with Crippen molar-refractivity contribution < 1.29 is 18.0 Å². The highest BCUT2D eigenvalue weighted by molar-refractivity contribution is 7.89. The second kappa shape index (κ2) is 10.4. The lowest BCUT2D eigenvalue weighted by Gasteiger charge is -2.34. The van der Waals surface area contributed by atoms with Crippen molar-refractivity contribution in [1.29, 1.82) is 0 Å². The minimum Gasteiger partial charge on any atom is -0.353 e. The van der Waals surface area contributed by atoms with Crippen LogP contribution in [0.4, 0.5) is 0 Å². The molecule has 0 saturated carbocycles. The number of nitrogens with zero attached hydrogens (tertiary/aromatic N) is 2. The van der Waals surface area contributed by atoms with Gasteiger partial charge < -0.3 is 10.6 Å². The lowest BCUT2D eigenvalue weighted by molar-refractivity contribution is -0.132. The molecule has 1 unspecified atom stereocenters. The van der Waals surface area contributed by atoms with E-state index in [1.54, 1.807) is 18.3 Å². The van der Waals surface area contributed by atoms with Gasteiger partial charge >= 0.3 is 0 Å². The quantitative estimate of drug-likeness (QED) is 0.521. The van der Waals surface area contributed by atoms with Crippen LogP contribution in [-0.4, -0.2) is 48.7 Å². The minimum atomic E-state index is -3.93.